The van der Waals surface area contributed by atoms with Gasteiger partial charge in [0.25, 0.3) is 5.91 Å². The number of hydrogen-bond acceptors (Lipinski definition) is 2. The average Bonchev–Trinajstić information content (AvgIpc) is 2.46. The predicted octanol–water partition coefficient (Wildman–Crippen LogP) is 3.41. The Bertz CT molecular complexity index is 502. The van der Waals surface area contributed by atoms with Gasteiger partial charge >= 0.3 is 0 Å². The van der Waals surface area contributed by atoms with Gasteiger partial charge in [0.1, 0.15) is 5.75 Å². The van der Waals surface area contributed by atoms with Gasteiger partial charge in [-0.2, -0.15) is 0 Å². The van der Waals surface area contributed by atoms with Gasteiger partial charge in [-0.25, -0.2) is 0 Å². The molecule has 2 aliphatic rings. The number of likely N-dealkylation sites (tertiary alicyclic amines) is 1. The molecule has 108 valence electrons. The molecule has 2 unspecified atom stereocenters. The highest BCUT2D eigenvalue weighted by molar-refractivity contribution is 5.95. The second kappa shape index (κ2) is 5.47. The van der Waals surface area contributed by atoms with Gasteiger partial charge in [-0.15, -0.1) is 0 Å². The zero-order valence-corrected chi connectivity index (χ0v) is 12.4. The minimum absolute atomic E-state index is 0.179. The van der Waals surface area contributed by atoms with Crippen LogP contribution in [-0.4, -0.2) is 29.5 Å². The smallest absolute Gasteiger partial charge is 0.254 e. The van der Waals surface area contributed by atoms with E-state index in [1.807, 2.05) is 18.2 Å². The lowest BCUT2D eigenvalue weighted by Crippen LogP contribution is -2.47. The fourth-order valence-corrected chi connectivity index (χ4v) is 3.46. The number of nitrogens with zero attached hydrogens (tertiary/aromatic N) is 1. The molecule has 1 amide bonds. The lowest BCUT2D eigenvalue weighted by atomic mass is 9.95. The first-order valence-corrected chi connectivity index (χ1v) is 7.75. The fourth-order valence-electron chi connectivity index (χ4n) is 3.46. The van der Waals surface area contributed by atoms with Crippen molar-refractivity contribution < 1.29 is 9.53 Å². The molecule has 0 N–H and O–H groups in total. The molecule has 2 heterocycles. The number of carbonyl (C=O) groups excluding carboxylic acids is 1. The normalized spacial score (nSPS) is 25.8. The van der Waals surface area contributed by atoms with Crippen LogP contribution in [0.15, 0.2) is 18.2 Å². The van der Waals surface area contributed by atoms with Crippen LogP contribution in [0.1, 0.15) is 55.5 Å². The molecule has 3 heteroatoms. The van der Waals surface area contributed by atoms with E-state index in [9.17, 15) is 4.79 Å². The average molecular weight is 273 g/mol. The van der Waals surface area contributed by atoms with Crippen LogP contribution in [0.5, 0.6) is 5.75 Å². The molecule has 20 heavy (non-hydrogen) atoms. The first kappa shape index (κ1) is 13.5. The highest BCUT2D eigenvalue weighted by atomic mass is 16.5. The van der Waals surface area contributed by atoms with Gasteiger partial charge in [-0.3, -0.25) is 4.79 Å². The van der Waals surface area contributed by atoms with Crippen LogP contribution in [-0.2, 0) is 6.42 Å². The molecule has 2 aliphatic heterocycles. The largest absolute Gasteiger partial charge is 0.493 e. The summed E-state index contributed by atoms with van der Waals surface area (Å²) >= 11 is 0. The van der Waals surface area contributed by atoms with Gasteiger partial charge in [0.15, 0.2) is 0 Å². The van der Waals surface area contributed by atoms with Gasteiger partial charge in [0.05, 0.1) is 6.61 Å². The maximum absolute atomic E-state index is 12.8. The molecule has 2 atom stereocenters. The van der Waals surface area contributed by atoms with Gasteiger partial charge < -0.3 is 9.64 Å². The van der Waals surface area contributed by atoms with E-state index in [1.165, 1.54) is 12.0 Å². The molecule has 0 bridgehead atoms. The monoisotopic (exact) mass is 273 g/mol. The van der Waals surface area contributed by atoms with Crippen molar-refractivity contribution in [2.75, 3.05) is 6.61 Å². The fraction of sp³-hybridized carbons (Fsp3) is 0.588. The van der Waals surface area contributed by atoms with Crippen molar-refractivity contribution in [3.8, 4) is 5.75 Å². The zero-order valence-electron chi connectivity index (χ0n) is 12.4. The van der Waals surface area contributed by atoms with Crippen molar-refractivity contribution >= 4 is 5.91 Å². The standard InChI is InChI=1S/C17H23NO2/c1-12-5-3-6-13(2)18(12)17(19)15-8-9-16-14(11-15)7-4-10-20-16/h8-9,11-13H,3-7,10H2,1-2H3. The molecule has 1 saturated heterocycles. The summed E-state index contributed by atoms with van der Waals surface area (Å²) in [6, 6.07) is 6.60. The van der Waals surface area contributed by atoms with Crippen molar-refractivity contribution in [3.05, 3.63) is 29.3 Å². The lowest BCUT2D eigenvalue weighted by molar-refractivity contribution is 0.0510. The summed E-state index contributed by atoms with van der Waals surface area (Å²) < 4.78 is 5.62. The Morgan fingerprint density at radius 3 is 2.70 bits per heavy atom. The highest BCUT2D eigenvalue weighted by Gasteiger charge is 2.30. The number of carbonyl (C=O) groups is 1. The summed E-state index contributed by atoms with van der Waals surface area (Å²) in [5.41, 5.74) is 1.99. The topological polar surface area (TPSA) is 29.5 Å². The number of ether oxygens (including phenoxy) is 1. The van der Waals surface area contributed by atoms with E-state index in [4.69, 9.17) is 4.74 Å². The van der Waals surface area contributed by atoms with Gasteiger partial charge in [0.2, 0.25) is 0 Å². The van der Waals surface area contributed by atoms with E-state index in [0.29, 0.717) is 12.1 Å². The van der Waals surface area contributed by atoms with Crippen LogP contribution in [0.25, 0.3) is 0 Å². The summed E-state index contributed by atoms with van der Waals surface area (Å²) in [5, 5.41) is 0. The zero-order chi connectivity index (χ0) is 14.1. The molecule has 0 aliphatic carbocycles. The second-order valence-electron chi connectivity index (χ2n) is 6.12. The molecular weight excluding hydrogens is 250 g/mol. The van der Waals surface area contributed by atoms with E-state index in [2.05, 4.69) is 18.7 Å². The van der Waals surface area contributed by atoms with Gasteiger partial charge in [0, 0.05) is 17.6 Å². The van der Waals surface area contributed by atoms with Crippen molar-refractivity contribution in [1.82, 2.24) is 4.90 Å². The molecular formula is C17H23NO2. The number of hydrogen-bond donors (Lipinski definition) is 0. The summed E-state index contributed by atoms with van der Waals surface area (Å²) in [6.45, 7) is 5.12. The molecule has 0 saturated carbocycles. The Hall–Kier alpha value is -1.51. The lowest BCUT2D eigenvalue weighted by Gasteiger charge is -2.39. The van der Waals surface area contributed by atoms with Crippen molar-refractivity contribution in [2.45, 2.75) is 58.0 Å². The Morgan fingerprint density at radius 2 is 1.95 bits per heavy atom. The van der Waals surface area contributed by atoms with Crippen molar-refractivity contribution in [1.29, 1.82) is 0 Å². The summed E-state index contributed by atoms with van der Waals surface area (Å²) in [5.74, 6) is 1.13. The third kappa shape index (κ3) is 2.41. The molecule has 0 spiro atoms. The molecule has 0 aromatic heterocycles. The molecule has 1 fully saturated rings. The molecule has 3 rings (SSSR count). The van der Waals surface area contributed by atoms with Crippen LogP contribution >= 0.6 is 0 Å². The Kier molecular flexibility index (Phi) is 3.68. The van der Waals surface area contributed by atoms with Crippen LogP contribution in [0.3, 0.4) is 0 Å². The molecule has 1 aromatic carbocycles. The second-order valence-corrected chi connectivity index (χ2v) is 6.12. The van der Waals surface area contributed by atoms with E-state index in [1.54, 1.807) is 0 Å². The Morgan fingerprint density at radius 1 is 1.20 bits per heavy atom. The SMILES string of the molecule is CC1CCCC(C)N1C(=O)c1ccc2c(c1)CCCO2. The highest BCUT2D eigenvalue weighted by Crippen LogP contribution is 2.28. The van der Waals surface area contributed by atoms with E-state index in [-0.39, 0.29) is 5.91 Å². The quantitative estimate of drug-likeness (QED) is 0.784. The van der Waals surface area contributed by atoms with Crippen molar-refractivity contribution in [2.24, 2.45) is 0 Å². The Labute approximate surface area is 120 Å². The number of aryl methyl sites for hydroxylation is 1. The first-order valence-electron chi connectivity index (χ1n) is 7.75. The summed E-state index contributed by atoms with van der Waals surface area (Å²) in [7, 11) is 0. The molecule has 0 radical (unpaired) electrons. The van der Waals surface area contributed by atoms with Crippen LogP contribution < -0.4 is 4.74 Å². The summed E-state index contributed by atoms with van der Waals surface area (Å²) in [6.07, 6.45) is 5.52. The minimum Gasteiger partial charge on any atom is -0.493 e. The molecule has 3 nitrogen and oxygen atoms in total. The minimum atomic E-state index is 0.179. The van der Waals surface area contributed by atoms with E-state index < -0.39 is 0 Å². The van der Waals surface area contributed by atoms with Crippen LogP contribution in [0.4, 0.5) is 0 Å². The van der Waals surface area contributed by atoms with Crippen LogP contribution in [0.2, 0.25) is 0 Å². The number of rotatable bonds is 1. The number of benzene rings is 1. The number of piperidine rings is 1. The third-order valence-corrected chi connectivity index (χ3v) is 4.58. The third-order valence-electron chi connectivity index (χ3n) is 4.58. The first-order chi connectivity index (χ1) is 9.66. The maximum Gasteiger partial charge on any atom is 0.254 e. The molecule has 1 aromatic rings. The Balaban J connectivity index is 1.86. The van der Waals surface area contributed by atoms with E-state index >= 15 is 0 Å². The van der Waals surface area contributed by atoms with Crippen molar-refractivity contribution in [3.63, 3.8) is 0 Å². The number of fused-ring (bicyclic) bond motifs is 1. The predicted molar refractivity (Wildman–Crippen MR) is 79.2 cm³/mol. The van der Waals surface area contributed by atoms with Gasteiger partial charge in [-0.1, -0.05) is 0 Å². The maximum atomic E-state index is 12.8. The van der Waals surface area contributed by atoms with Crippen LogP contribution in [0, 0.1) is 0 Å². The van der Waals surface area contributed by atoms with E-state index in [0.717, 1.165) is 43.6 Å². The summed E-state index contributed by atoms with van der Waals surface area (Å²) in [4.78, 5) is 14.9. The number of amides is 1. The van der Waals surface area contributed by atoms with Gasteiger partial charge in [-0.05, 0) is 69.7 Å².